The molecule has 0 radical (unpaired) electrons. The molecule has 0 saturated heterocycles. The van der Waals surface area contributed by atoms with Crippen molar-refractivity contribution in [1.29, 1.82) is 0 Å². The third kappa shape index (κ3) is 3.80. The van der Waals surface area contributed by atoms with Crippen LogP contribution in [0.2, 0.25) is 0 Å². The van der Waals surface area contributed by atoms with Gasteiger partial charge in [0.1, 0.15) is 0 Å². The fourth-order valence-corrected chi connectivity index (χ4v) is 1.47. The van der Waals surface area contributed by atoms with Gasteiger partial charge in [-0.2, -0.15) is 0 Å². The van der Waals surface area contributed by atoms with E-state index in [9.17, 15) is 0 Å². The molecule has 1 aromatic carbocycles. The summed E-state index contributed by atoms with van der Waals surface area (Å²) in [5.41, 5.74) is 8.87. The van der Waals surface area contributed by atoms with Gasteiger partial charge in [0.05, 0.1) is 11.4 Å². The van der Waals surface area contributed by atoms with E-state index in [1.54, 1.807) is 0 Å². The van der Waals surface area contributed by atoms with E-state index >= 15 is 0 Å². The summed E-state index contributed by atoms with van der Waals surface area (Å²) in [6.45, 7) is 3.20. The second-order valence-electron chi connectivity index (χ2n) is 3.75. The summed E-state index contributed by atoms with van der Waals surface area (Å²) in [5, 5.41) is 11.9. The van der Waals surface area contributed by atoms with Gasteiger partial charge in [-0.15, -0.1) is 0 Å². The molecule has 3 heteroatoms. The lowest BCUT2D eigenvalue weighted by molar-refractivity contribution is 0.283. The van der Waals surface area contributed by atoms with Gasteiger partial charge in [0.2, 0.25) is 0 Å². The first-order valence-corrected chi connectivity index (χ1v) is 5.45. The highest BCUT2D eigenvalue weighted by atomic mass is 16.2. The van der Waals surface area contributed by atoms with Crippen LogP contribution in [0, 0.1) is 6.92 Å². The fourth-order valence-electron chi connectivity index (χ4n) is 1.47. The zero-order chi connectivity index (χ0) is 11.1. The molecule has 0 aromatic heterocycles. The maximum Gasteiger partial charge on any atom is 0.0579 e. The Bertz CT molecular complexity index is 300. The van der Waals surface area contributed by atoms with Crippen molar-refractivity contribution < 1.29 is 5.11 Å². The second kappa shape index (κ2) is 6.30. The number of nitrogens with two attached hydrogens (primary N) is 1. The number of hydrogen-bond donors (Lipinski definition) is 3. The van der Waals surface area contributed by atoms with Gasteiger partial charge < -0.3 is 16.2 Å². The number of anilines is 2. The van der Waals surface area contributed by atoms with Gasteiger partial charge in [0.15, 0.2) is 0 Å². The van der Waals surface area contributed by atoms with Gasteiger partial charge in [-0.05, 0) is 37.8 Å². The number of benzene rings is 1. The van der Waals surface area contributed by atoms with E-state index in [1.807, 2.05) is 25.1 Å². The minimum absolute atomic E-state index is 0.284. The molecule has 1 aromatic rings. The molecule has 0 unspecified atom stereocenters. The predicted octanol–water partition coefficient (Wildman–Crippen LogP) is 2.15. The van der Waals surface area contributed by atoms with Crippen molar-refractivity contribution in [2.24, 2.45) is 0 Å². The maximum absolute atomic E-state index is 8.62. The van der Waals surface area contributed by atoms with E-state index in [2.05, 4.69) is 5.32 Å². The number of nitrogens with one attached hydrogen (secondary N) is 1. The molecule has 0 fully saturated rings. The average Bonchev–Trinajstić information content (AvgIpc) is 2.24. The number of unbranched alkanes of at least 4 members (excludes halogenated alkanes) is 2. The molecule has 15 heavy (non-hydrogen) atoms. The van der Waals surface area contributed by atoms with E-state index in [4.69, 9.17) is 10.8 Å². The van der Waals surface area contributed by atoms with Crippen molar-refractivity contribution in [2.75, 3.05) is 24.2 Å². The molecule has 4 N–H and O–H groups in total. The summed E-state index contributed by atoms with van der Waals surface area (Å²) in [5.74, 6) is 0. The molecule has 84 valence electrons. The molecule has 0 aliphatic carbocycles. The first kappa shape index (κ1) is 11.9. The third-order valence-electron chi connectivity index (χ3n) is 2.47. The van der Waals surface area contributed by atoms with Crippen molar-refractivity contribution in [3.05, 3.63) is 23.8 Å². The Hall–Kier alpha value is -1.22. The zero-order valence-corrected chi connectivity index (χ0v) is 9.29. The Morgan fingerprint density at radius 1 is 1.27 bits per heavy atom. The monoisotopic (exact) mass is 208 g/mol. The molecule has 0 aliphatic heterocycles. The van der Waals surface area contributed by atoms with Crippen molar-refractivity contribution >= 4 is 11.4 Å². The molecule has 0 bridgehead atoms. The number of rotatable bonds is 6. The molecule has 0 aliphatic rings. The number of aliphatic hydroxyl groups excluding tert-OH is 1. The Balaban J connectivity index is 2.34. The SMILES string of the molecule is Cc1cccc(NCCCCCO)c1N. The van der Waals surface area contributed by atoms with Crippen molar-refractivity contribution in [1.82, 2.24) is 0 Å². The van der Waals surface area contributed by atoms with Crippen LogP contribution in [-0.4, -0.2) is 18.3 Å². The number of aryl methyl sites for hydroxylation is 1. The van der Waals surface area contributed by atoms with Crippen LogP contribution in [0.25, 0.3) is 0 Å². The smallest absolute Gasteiger partial charge is 0.0579 e. The predicted molar refractivity (Wildman–Crippen MR) is 65.0 cm³/mol. The van der Waals surface area contributed by atoms with Crippen LogP contribution in [0.3, 0.4) is 0 Å². The molecular formula is C12H20N2O. The topological polar surface area (TPSA) is 58.3 Å². The van der Waals surface area contributed by atoms with E-state index in [1.165, 1.54) is 0 Å². The highest BCUT2D eigenvalue weighted by molar-refractivity contribution is 5.69. The Morgan fingerprint density at radius 3 is 2.80 bits per heavy atom. The minimum Gasteiger partial charge on any atom is -0.397 e. The van der Waals surface area contributed by atoms with Gasteiger partial charge in [0.25, 0.3) is 0 Å². The summed E-state index contributed by atoms with van der Waals surface area (Å²) in [4.78, 5) is 0. The first-order chi connectivity index (χ1) is 7.25. The van der Waals surface area contributed by atoms with Gasteiger partial charge in [-0.3, -0.25) is 0 Å². The lowest BCUT2D eigenvalue weighted by Gasteiger charge is -2.10. The van der Waals surface area contributed by atoms with Crippen LogP contribution in [0.1, 0.15) is 24.8 Å². The van der Waals surface area contributed by atoms with Crippen molar-refractivity contribution in [2.45, 2.75) is 26.2 Å². The summed E-state index contributed by atoms with van der Waals surface area (Å²) in [7, 11) is 0. The lowest BCUT2D eigenvalue weighted by Crippen LogP contribution is -2.05. The summed E-state index contributed by atoms with van der Waals surface area (Å²) in [6.07, 6.45) is 2.99. The van der Waals surface area contributed by atoms with E-state index in [-0.39, 0.29) is 6.61 Å². The lowest BCUT2D eigenvalue weighted by atomic mass is 10.1. The molecule has 0 atom stereocenters. The highest BCUT2D eigenvalue weighted by Crippen LogP contribution is 2.21. The largest absolute Gasteiger partial charge is 0.397 e. The summed E-state index contributed by atoms with van der Waals surface area (Å²) < 4.78 is 0. The molecule has 0 spiro atoms. The number of nitrogen functional groups attached to an aromatic ring is 1. The van der Waals surface area contributed by atoms with Gasteiger partial charge >= 0.3 is 0 Å². The van der Waals surface area contributed by atoms with Gasteiger partial charge in [-0.1, -0.05) is 12.1 Å². The van der Waals surface area contributed by atoms with Crippen LogP contribution in [-0.2, 0) is 0 Å². The van der Waals surface area contributed by atoms with E-state index in [0.717, 1.165) is 42.7 Å². The Labute approximate surface area is 91.3 Å². The van der Waals surface area contributed by atoms with Crippen molar-refractivity contribution in [3.8, 4) is 0 Å². The number of para-hydroxylation sites is 1. The summed E-state index contributed by atoms with van der Waals surface area (Å²) >= 11 is 0. The second-order valence-corrected chi connectivity index (χ2v) is 3.75. The van der Waals surface area contributed by atoms with Gasteiger partial charge in [-0.25, -0.2) is 0 Å². The third-order valence-corrected chi connectivity index (χ3v) is 2.47. The minimum atomic E-state index is 0.284. The van der Waals surface area contributed by atoms with Gasteiger partial charge in [0, 0.05) is 13.2 Å². The van der Waals surface area contributed by atoms with Crippen LogP contribution in [0.5, 0.6) is 0 Å². The Morgan fingerprint density at radius 2 is 2.07 bits per heavy atom. The van der Waals surface area contributed by atoms with E-state index < -0.39 is 0 Å². The zero-order valence-electron chi connectivity index (χ0n) is 9.29. The van der Waals surface area contributed by atoms with E-state index in [0.29, 0.717) is 0 Å². The molecule has 0 amide bonds. The summed E-state index contributed by atoms with van der Waals surface area (Å²) in [6, 6.07) is 6.00. The van der Waals surface area contributed by atoms with Crippen LogP contribution in [0.4, 0.5) is 11.4 Å². The van der Waals surface area contributed by atoms with Crippen molar-refractivity contribution in [3.63, 3.8) is 0 Å². The van der Waals surface area contributed by atoms with Crippen LogP contribution in [0.15, 0.2) is 18.2 Å². The number of hydrogen-bond acceptors (Lipinski definition) is 3. The molecule has 0 saturated carbocycles. The number of aliphatic hydroxyl groups is 1. The fraction of sp³-hybridized carbons (Fsp3) is 0.500. The molecule has 3 nitrogen and oxygen atoms in total. The molecule has 1 rings (SSSR count). The first-order valence-electron chi connectivity index (χ1n) is 5.45. The normalized spacial score (nSPS) is 10.3. The quantitative estimate of drug-likeness (QED) is 0.496. The standard InChI is InChI=1S/C12H20N2O/c1-10-6-5-7-11(12(10)13)14-8-3-2-4-9-15/h5-7,14-15H,2-4,8-9,13H2,1H3. The van der Waals surface area contributed by atoms with Crippen LogP contribution < -0.4 is 11.1 Å². The average molecular weight is 208 g/mol. The highest BCUT2D eigenvalue weighted by Gasteiger charge is 1.99. The van der Waals surface area contributed by atoms with Crippen LogP contribution >= 0.6 is 0 Å². The maximum atomic E-state index is 8.62. The molecule has 0 heterocycles. The Kier molecular flexibility index (Phi) is 4.98. The molecular weight excluding hydrogens is 188 g/mol.